The molecule has 102 valence electrons. The zero-order chi connectivity index (χ0) is 13.3. The quantitative estimate of drug-likeness (QED) is 0.597. The molecule has 0 amide bonds. The summed E-state index contributed by atoms with van der Waals surface area (Å²) >= 11 is 0. The fourth-order valence-electron chi connectivity index (χ4n) is 2.05. The Morgan fingerprint density at radius 1 is 1.06 bits per heavy atom. The summed E-state index contributed by atoms with van der Waals surface area (Å²) in [7, 11) is 0. The van der Waals surface area contributed by atoms with E-state index in [1.807, 2.05) is 6.92 Å². The molecule has 0 aliphatic carbocycles. The Kier molecular flexibility index (Phi) is 8.23. The van der Waals surface area contributed by atoms with E-state index >= 15 is 0 Å². The topological polar surface area (TPSA) is 40.5 Å². The molecule has 0 heterocycles. The van der Waals surface area contributed by atoms with Crippen molar-refractivity contribution in [2.75, 3.05) is 13.1 Å². The highest BCUT2D eigenvalue weighted by Gasteiger charge is 2.32. The van der Waals surface area contributed by atoms with Crippen molar-refractivity contribution in [3.05, 3.63) is 0 Å². The molecule has 0 unspecified atom stereocenters. The Hall–Kier alpha value is -0.570. The summed E-state index contributed by atoms with van der Waals surface area (Å²) in [5, 5.41) is 9.17. The van der Waals surface area contributed by atoms with Gasteiger partial charge in [-0.15, -0.1) is 0 Å². The molecule has 0 saturated heterocycles. The van der Waals surface area contributed by atoms with Crippen LogP contribution < -0.4 is 0 Å². The fraction of sp³-hybridized carbons (Fsp3) is 0.929. The van der Waals surface area contributed by atoms with Gasteiger partial charge in [0.05, 0.1) is 0 Å². The van der Waals surface area contributed by atoms with E-state index in [0.717, 1.165) is 19.5 Å². The van der Waals surface area contributed by atoms with Crippen LogP contribution in [0.5, 0.6) is 0 Å². The first-order valence-electron chi connectivity index (χ1n) is 6.95. The standard InChI is InChI=1S/C14H29NO2/c1-5-7-8-9-10-11-12-15(6-2)14(3,4)13(16)17/h5-12H2,1-4H3,(H,16,17). The van der Waals surface area contributed by atoms with Gasteiger partial charge >= 0.3 is 5.97 Å². The average Bonchev–Trinajstić information content (AvgIpc) is 2.27. The van der Waals surface area contributed by atoms with Gasteiger partial charge in [0.25, 0.3) is 0 Å². The lowest BCUT2D eigenvalue weighted by atomic mass is 10.0. The maximum Gasteiger partial charge on any atom is 0.323 e. The van der Waals surface area contributed by atoms with Crippen molar-refractivity contribution in [3.8, 4) is 0 Å². The average molecular weight is 243 g/mol. The molecule has 0 aromatic carbocycles. The molecule has 0 aliphatic heterocycles. The van der Waals surface area contributed by atoms with Crippen LogP contribution in [-0.2, 0) is 4.79 Å². The van der Waals surface area contributed by atoms with Gasteiger partial charge in [0.1, 0.15) is 5.54 Å². The predicted molar refractivity (Wildman–Crippen MR) is 72.3 cm³/mol. The Morgan fingerprint density at radius 2 is 1.59 bits per heavy atom. The van der Waals surface area contributed by atoms with E-state index in [2.05, 4.69) is 11.8 Å². The van der Waals surface area contributed by atoms with Gasteiger partial charge in [0, 0.05) is 0 Å². The number of carbonyl (C=O) groups is 1. The third-order valence-electron chi connectivity index (χ3n) is 3.48. The van der Waals surface area contributed by atoms with Crippen molar-refractivity contribution >= 4 is 5.97 Å². The minimum atomic E-state index is -0.738. The molecular weight excluding hydrogens is 214 g/mol. The van der Waals surface area contributed by atoms with Gasteiger partial charge in [-0.05, 0) is 33.4 Å². The third kappa shape index (κ3) is 6.06. The number of carboxylic acid groups (broad SMARTS) is 1. The molecule has 0 bridgehead atoms. The summed E-state index contributed by atoms with van der Waals surface area (Å²) < 4.78 is 0. The second-order valence-corrected chi connectivity index (χ2v) is 5.21. The summed E-state index contributed by atoms with van der Waals surface area (Å²) in [5.74, 6) is -0.731. The van der Waals surface area contributed by atoms with E-state index in [9.17, 15) is 9.90 Å². The molecule has 0 fully saturated rings. The lowest BCUT2D eigenvalue weighted by molar-refractivity contribution is -0.149. The Bertz CT molecular complexity index is 214. The zero-order valence-electron chi connectivity index (χ0n) is 12.0. The van der Waals surface area contributed by atoms with Crippen molar-refractivity contribution in [1.29, 1.82) is 0 Å². The van der Waals surface area contributed by atoms with Crippen LogP contribution in [0.25, 0.3) is 0 Å². The summed E-state index contributed by atoms with van der Waals surface area (Å²) in [6, 6.07) is 0. The Labute approximate surface area is 106 Å². The van der Waals surface area contributed by atoms with Crippen molar-refractivity contribution in [2.24, 2.45) is 0 Å². The van der Waals surface area contributed by atoms with Crippen LogP contribution in [0.4, 0.5) is 0 Å². The molecule has 17 heavy (non-hydrogen) atoms. The van der Waals surface area contributed by atoms with Crippen LogP contribution in [0.15, 0.2) is 0 Å². The van der Waals surface area contributed by atoms with Crippen LogP contribution in [0.2, 0.25) is 0 Å². The summed E-state index contributed by atoms with van der Waals surface area (Å²) in [4.78, 5) is 13.2. The van der Waals surface area contributed by atoms with E-state index in [0.29, 0.717) is 0 Å². The van der Waals surface area contributed by atoms with Crippen LogP contribution in [0.1, 0.15) is 66.2 Å². The number of hydrogen-bond donors (Lipinski definition) is 1. The number of unbranched alkanes of at least 4 members (excludes halogenated alkanes) is 5. The van der Waals surface area contributed by atoms with Gasteiger partial charge in [0.2, 0.25) is 0 Å². The molecule has 0 aromatic rings. The van der Waals surface area contributed by atoms with Crippen molar-refractivity contribution in [2.45, 2.75) is 71.8 Å². The molecule has 0 aromatic heterocycles. The first kappa shape index (κ1) is 16.4. The number of hydrogen-bond acceptors (Lipinski definition) is 2. The largest absolute Gasteiger partial charge is 0.480 e. The lowest BCUT2D eigenvalue weighted by Gasteiger charge is -2.34. The molecule has 0 atom stereocenters. The molecule has 3 nitrogen and oxygen atoms in total. The third-order valence-corrected chi connectivity index (χ3v) is 3.48. The van der Waals surface area contributed by atoms with Crippen molar-refractivity contribution < 1.29 is 9.90 Å². The number of carboxylic acids is 1. The van der Waals surface area contributed by atoms with Gasteiger partial charge in [-0.1, -0.05) is 46.0 Å². The Balaban J connectivity index is 3.87. The van der Waals surface area contributed by atoms with E-state index < -0.39 is 11.5 Å². The van der Waals surface area contributed by atoms with Crippen LogP contribution >= 0.6 is 0 Å². The number of nitrogens with zero attached hydrogens (tertiary/aromatic N) is 1. The molecule has 1 N–H and O–H groups in total. The molecule has 0 spiro atoms. The van der Waals surface area contributed by atoms with Gasteiger partial charge in [-0.25, -0.2) is 0 Å². The highest BCUT2D eigenvalue weighted by atomic mass is 16.4. The molecular formula is C14H29NO2. The fourth-order valence-corrected chi connectivity index (χ4v) is 2.05. The maximum atomic E-state index is 11.2. The Morgan fingerprint density at radius 3 is 2.06 bits per heavy atom. The lowest BCUT2D eigenvalue weighted by Crippen LogP contribution is -2.50. The SMILES string of the molecule is CCCCCCCCN(CC)C(C)(C)C(=O)O. The monoisotopic (exact) mass is 243 g/mol. The molecule has 0 radical (unpaired) electrons. The number of likely N-dealkylation sites (N-methyl/N-ethyl adjacent to an activating group) is 1. The van der Waals surface area contributed by atoms with Gasteiger partial charge < -0.3 is 5.11 Å². The number of aliphatic carboxylic acids is 1. The van der Waals surface area contributed by atoms with Gasteiger partial charge in [0.15, 0.2) is 0 Å². The summed E-state index contributed by atoms with van der Waals surface area (Å²) in [6.07, 6.45) is 7.50. The highest BCUT2D eigenvalue weighted by molar-refractivity contribution is 5.77. The molecule has 0 saturated carbocycles. The van der Waals surface area contributed by atoms with E-state index in [-0.39, 0.29) is 0 Å². The van der Waals surface area contributed by atoms with Crippen LogP contribution in [0, 0.1) is 0 Å². The second-order valence-electron chi connectivity index (χ2n) is 5.21. The van der Waals surface area contributed by atoms with Gasteiger partial charge in [-0.2, -0.15) is 0 Å². The molecule has 3 heteroatoms. The smallest absolute Gasteiger partial charge is 0.323 e. The second kappa shape index (κ2) is 8.51. The zero-order valence-corrected chi connectivity index (χ0v) is 12.0. The minimum Gasteiger partial charge on any atom is -0.480 e. The first-order chi connectivity index (χ1) is 7.96. The molecule has 0 rings (SSSR count). The van der Waals surface area contributed by atoms with E-state index in [1.54, 1.807) is 13.8 Å². The number of rotatable bonds is 10. The van der Waals surface area contributed by atoms with E-state index in [1.165, 1.54) is 32.1 Å². The first-order valence-corrected chi connectivity index (χ1v) is 6.95. The van der Waals surface area contributed by atoms with Crippen LogP contribution in [-0.4, -0.2) is 34.6 Å². The molecule has 0 aliphatic rings. The predicted octanol–water partition coefficient (Wildman–Crippen LogP) is 3.53. The normalized spacial score (nSPS) is 12.1. The maximum absolute atomic E-state index is 11.2. The summed E-state index contributed by atoms with van der Waals surface area (Å²) in [6.45, 7) is 9.51. The van der Waals surface area contributed by atoms with Crippen molar-refractivity contribution in [3.63, 3.8) is 0 Å². The minimum absolute atomic E-state index is 0.731. The summed E-state index contributed by atoms with van der Waals surface area (Å²) in [5.41, 5.74) is -0.738. The highest BCUT2D eigenvalue weighted by Crippen LogP contribution is 2.16. The van der Waals surface area contributed by atoms with E-state index in [4.69, 9.17) is 0 Å². The van der Waals surface area contributed by atoms with Crippen molar-refractivity contribution in [1.82, 2.24) is 4.90 Å². The van der Waals surface area contributed by atoms with Crippen LogP contribution in [0.3, 0.4) is 0 Å². The van der Waals surface area contributed by atoms with Gasteiger partial charge in [-0.3, -0.25) is 9.69 Å².